The van der Waals surface area contributed by atoms with E-state index in [9.17, 15) is 24.6 Å². The zero-order valence-corrected chi connectivity index (χ0v) is 26.1. The second-order valence-electron chi connectivity index (χ2n) is 11.8. The van der Waals surface area contributed by atoms with E-state index in [2.05, 4.69) is 17.6 Å². The van der Waals surface area contributed by atoms with Crippen LogP contribution in [-0.4, -0.2) is 51.2 Å². The standard InChI is InChI=1S/C35H45N3O6/c1-5-6-7-13-22-38(31(28-16-11-12-17-30(28)40)32(41)36-24-26-14-9-8-10-15-26)33(42)29(37-34(43)44-35(2,3)4)23-25-18-20-27(39)21-19-25/h8-12,14-21,29,31,39-40H,5-7,13,22-24H2,1-4H3,(H,36,41)(H,37,43). The molecule has 9 nitrogen and oxygen atoms in total. The summed E-state index contributed by atoms with van der Waals surface area (Å²) >= 11 is 0. The third kappa shape index (κ3) is 10.6. The second-order valence-corrected chi connectivity index (χ2v) is 11.8. The molecule has 236 valence electrons. The Hall–Kier alpha value is -4.53. The number of alkyl carbamates (subject to hydrolysis) is 1. The molecule has 0 aliphatic carbocycles. The van der Waals surface area contributed by atoms with E-state index in [0.717, 1.165) is 24.8 Å². The molecule has 3 amide bonds. The summed E-state index contributed by atoms with van der Waals surface area (Å²) in [5.74, 6) is -0.999. The van der Waals surface area contributed by atoms with Crippen molar-refractivity contribution in [3.63, 3.8) is 0 Å². The van der Waals surface area contributed by atoms with E-state index in [1.165, 1.54) is 23.1 Å². The van der Waals surface area contributed by atoms with Crippen LogP contribution in [0.1, 0.15) is 76.1 Å². The van der Waals surface area contributed by atoms with Crippen molar-refractivity contribution < 1.29 is 29.3 Å². The van der Waals surface area contributed by atoms with Gasteiger partial charge in [0.2, 0.25) is 11.8 Å². The van der Waals surface area contributed by atoms with Gasteiger partial charge in [-0.15, -0.1) is 0 Å². The van der Waals surface area contributed by atoms with Gasteiger partial charge in [-0.25, -0.2) is 4.79 Å². The Kier molecular flexibility index (Phi) is 12.6. The molecular weight excluding hydrogens is 558 g/mol. The van der Waals surface area contributed by atoms with Crippen molar-refractivity contribution in [1.82, 2.24) is 15.5 Å². The molecule has 0 spiro atoms. The lowest BCUT2D eigenvalue weighted by atomic mass is 9.99. The normalized spacial score (nSPS) is 12.5. The van der Waals surface area contributed by atoms with Gasteiger partial charge in [0, 0.05) is 25.1 Å². The molecule has 0 saturated carbocycles. The van der Waals surface area contributed by atoms with Gasteiger partial charge in [0.15, 0.2) is 0 Å². The summed E-state index contributed by atoms with van der Waals surface area (Å²) in [4.78, 5) is 42.9. The highest BCUT2D eigenvalue weighted by Gasteiger charge is 2.37. The van der Waals surface area contributed by atoms with Crippen molar-refractivity contribution in [3.8, 4) is 11.5 Å². The fourth-order valence-corrected chi connectivity index (χ4v) is 4.84. The molecule has 0 aliphatic heterocycles. The number of phenols is 2. The molecule has 0 bridgehead atoms. The number of hydrogen-bond donors (Lipinski definition) is 4. The highest BCUT2D eigenvalue weighted by Crippen LogP contribution is 2.30. The Labute approximate surface area is 260 Å². The Morgan fingerprint density at radius 3 is 2.14 bits per heavy atom. The number of unbranched alkanes of at least 4 members (excludes halogenated alkanes) is 3. The first-order chi connectivity index (χ1) is 21.0. The number of nitrogens with zero attached hydrogens (tertiary/aromatic N) is 1. The predicted molar refractivity (Wildman–Crippen MR) is 170 cm³/mol. The van der Waals surface area contributed by atoms with Gasteiger partial charge < -0.3 is 30.5 Å². The second kappa shape index (κ2) is 16.4. The largest absolute Gasteiger partial charge is 0.508 e. The molecule has 0 aromatic heterocycles. The zero-order chi connectivity index (χ0) is 32.1. The highest BCUT2D eigenvalue weighted by atomic mass is 16.6. The van der Waals surface area contributed by atoms with E-state index in [-0.39, 0.29) is 36.6 Å². The van der Waals surface area contributed by atoms with Crippen molar-refractivity contribution in [2.24, 2.45) is 0 Å². The minimum Gasteiger partial charge on any atom is -0.508 e. The molecule has 0 heterocycles. The van der Waals surface area contributed by atoms with Crippen LogP contribution < -0.4 is 10.6 Å². The Bertz CT molecular complexity index is 1350. The number of hydrogen-bond acceptors (Lipinski definition) is 6. The fourth-order valence-electron chi connectivity index (χ4n) is 4.84. The third-order valence-corrected chi connectivity index (χ3v) is 7.00. The van der Waals surface area contributed by atoms with Crippen molar-refractivity contribution in [2.75, 3.05) is 6.54 Å². The van der Waals surface area contributed by atoms with E-state index in [1.807, 2.05) is 30.3 Å². The van der Waals surface area contributed by atoms with Gasteiger partial charge in [-0.3, -0.25) is 9.59 Å². The fraction of sp³-hybridized carbons (Fsp3) is 0.400. The van der Waals surface area contributed by atoms with Crippen LogP contribution in [0.5, 0.6) is 11.5 Å². The van der Waals surface area contributed by atoms with Crippen LogP contribution in [0.25, 0.3) is 0 Å². The number of phenolic OH excluding ortho intramolecular Hbond substituents is 2. The molecule has 3 rings (SSSR count). The number of carbonyl (C=O) groups is 3. The lowest BCUT2D eigenvalue weighted by molar-refractivity contribution is -0.142. The van der Waals surface area contributed by atoms with E-state index in [0.29, 0.717) is 12.0 Å². The lowest BCUT2D eigenvalue weighted by Crippen LogP contribution is -2.54. The summed E-state index contributed by atoms with van der Waals surface area (Å²) in [5, 5.41) is 26.4. The van der Waals surface area contributed by atoms with Crippen molar-refractivity contribution in [1.29, 1.82) is 0 Å². The molecule has 0 saturated heterocycles. The molecule has 3 aromatic carbocycles. The quantitative estimate of drug-likeness (QED) is 0.167. The number of ether oxygens (including phenoxy) is 1. The summed E-state index contributed by atoms with van der Waals surface area (Å²) in [6, 6.07) is 20.0. The van der Waals surface area contributed by atoms with E-state index < -0.39 is 35.6 Å². The van der Waals surface area contributed by atoms with Crippen LogP contribution in [0, 0.1) is 0 Å². The first-order valence-corrected chi connectivity index (χ1v) is 15.2. The first-order valence-electron chi connectivity index (χ1n) is 15.2. The monoisotopic (exact) mass is 603 g/mol. The molecule has 2 atom stereocenters. The molecule has 0 aliphatic rings. The van der Waals surface area contributed by atoms with Crippen molar-refractivity contribution in [3.05, 3.63) is 95.6 Å². The van der Waals surface area contributed by atoms with Crippen LogP contribution in [0.15, 0.2) is 78.9 Å². The topological polar surface area (TPSA) is 128 Å². The molecule has 2 unspecified atom stereocenters. The smallest absolute Gasteiger partial charge is 0.408 e. The van der Waals surface area contributed by atoms with E-state index in [1.54, 1.807) is 51.1 Å². The minimum atomic E-state index is -1.17. The predicted octanol–water partition coefficient (Wildman–Crippen LogP) is 6.00. The van der Waals surface area contributed by atoms with Crippen molar-refractivity contribution in [2.45, 2.75) is 84.0 Å². The maximum absolute atomic E-state index is 14.5. The van der Waals surface area contributed by atoms with E-state index >= 15 is 0 Å². The number of amides is 3. The third-order valence-electron chi connectivity index (χ3n) is 7.00. The van der Waals surface area contributed by atoms with Gasteiger partial charge in [0.25, 0.3) is 0 Å². The highest BCUT2D eigenvalue weighted by molar-refractivity contribution is 5.92. The Balaban J connectivity index is 2.03. The molecule has 0 fully saturated rings. The van der Waals surface area contributed by atoms with Gasteiger partial charge in [0.1, 0.15) is 29.2 Å². The number of para-hydroxylation sites is 1. The van der Waals surface area contributed by atoms with E-state index in [4.69, 9.17) is 4.74 Å². The van der Waals surface area contributed by atoms with Gasteiger partial charge in [0.05, 0.1) is 0 Å². The summed E-state index contributed by atoms with van der Waals surface area (Å²) in [7, 11) is 0. The average Bonchev–Trinajstić information content (AvgIpc) is 2.98. The zero-order valence-electron chi connectivity index (χ0n) is 26.1. The van der Waals surface area contributed by atoms with Crippen LogP contribution in [-0.2, 0) is 27.3 Å². The van der Waals surface area contributed by atoms with Crippen LogP contribution in [0.4, 0.5) is 4.79 Å². The average molecular weight is 604 g/mol. The summed E-state index contributed by atoms with van der Waals surface area (Å²) in [6.07, 6.45) is 2.71. The summed E-state index contributed by atoms with van der Waals surface area (Å²) < 4.78 is 5.49. The summed E-state index contributed by atoms with van der Waals surface area (Å²) in [6.45, 7) is 7.73. The summed E-state index contributed by atoms with van der Waals surface area (Å²) in [5.41, 5.74) is 1.05. The maximum Gasteiger partial charge on any atom is 0.408 e. The molecule has 3 aromatic rings. The number of nitrogens with one attached hydrogen (secondary N) is 2. The Morgan fingerprint density at radius 1 is 0.841 bits per heavy atom. The molecule has 44 heavy (non-hydrogen) atoms. The first kappa shape index (κ1) is 34.0. The van der Waals surface area contributed by atoms with Gasteiger partial charge in [-0.2, -0.15) is 0 Å². The lowest BCUT2D eigenvalue weighted by Gasteiger charge is -2.35. The molecule has 9 heteroatoms. The number of rotatable bonds is 14. The molecule has 0 radical (unpaired) electrons. The number of carbonyl (C=O) groups excluding carboxylic acids is 3. The van der Waals surface area contributed by atoms with Gasteiger partial charge in [-0.05, 0) is 56.5 Å². The van der Waals surface area contributed by atoms with Crippen LogP contribution in [0.2, 0.25) is 0 Å². The molecule has 4 N–H and O–H groups in total. The van der Waals surface area contributed by atoms with Crippen LogP contribution in [0.3, 0.4) is 0 Å². The van der Waals surface area contributed by atoms with Crippen molar-refractivity contribution >= 4 is 17.9 Å². The number of benzene rings is 3. The molecular formula is C35H45N3O6. The minimum absolute atomic E-state index is 0.0731. The SMILES string of the molecule is CCCCCCN(C(=O)C(Cc1ccc(O)cc1)NC(=O)OC(C)(C)C)C(C(=O)NCc1ccccc1)c1ccccc1O. The van der Waals surface area contributed by atoms with Gasteiger partial charge >= 0.3 is 6.09 Å². The maximum atomic E-state index is 14.5. The van der Waals surface area contributed by atoms with Crippen LogP contribution >= 0.6 is 0 Å². The Morgan fingerprint density at radius 2 is 1.50 bits per heavy atom. The number of aromatic hydroxyl groups is 2. The van der Waals surface area contributed by atoms with Gasteiger partial charge in [-0.1, -0.05) is 86.8 Å².